The Kier molecular flexibility index (Phi) is 4.50. The molecule has 2 aromatic heterocycles. The van der Waals surface area contributed by atoms with Crippen molar-refractivity contribution >= 4 is 27.4 Å². The van der Waals surface area contributed by atoms with Gasteiger partial charge in [-0.1, -0.05) is 18.2 Å². The van der Waals surface area contributed by atoms with Gasteiger partial charge in [-0.25, -0.2) is 4.98 Å². The molecular weight excluding hydrogens is 296 g/mol. The lowest BCUT2D eigenvalue weighted by Crippen LogP contribution is -2.16. The van der Waals surface area contributed by atoms with Gasteiger partial charge in [-0.3, -0.25) is 0 Å². The zero-order valence-electron chi connectivity index (χ0n) is 12.3. The number of hydrogen-bond acceptors (Lipinski definition) is 6. The molecule has 1 aromatic carbocycles. The quantitative estimate of drug-likeness (QED) is 0.731. The van der Waals surface area contributed by atoms with Crippen LogP contribution in [0.3, 0.4) is 0 Å². The zero-order chi connectivity index (χ0) is 15.4. The predicted octanol–water partition coefficient (Wildman–Crippen LogP) is 3.20. The number of aromatic nitrogens is 2. The number of ether oxygens (including phenoxy) is 1. The van der Waals surface area contributed by atoms with Crippen LogP contribution < -0.4 is 15.8 Å². The molecule has 0 amide bonds. The maximum atomic E-state index is 6.28. The van der Waals surface area contributed by atoms with Crippen molar-refractivity contribution in [2.24, 2.45) is 5.73 Å². The van der Waals surface area contributed by atoms with Gasteiger partial charge in [-0.2, -0.15) is 4.37 Å². The van der Waals surface area contributed by atoms with E-state index in [1.54, 1.807) is 13.3 Å². The summed E-state index contributed by atoms with van der Waals surface area (Å²) in [4.78, 5) is 4.27. The van der Waals surface area contributed by atoms with Gasteiger partial charge >= 0.3 is 0 Å². The van der Waals surface area contributed by atoms with Crippen LogP contribution in [0, 0.1) is 0 Å². The highest BCUT2D eigenvalue weighted by Crippen LogP contribution is 2.27. The first-order valence-corrected chi connectivity index (χ1v) is 7.89. The van der Waals surface area contributed by atoms with Gasteiger partial charge in [0.2, 0.25) is 0 Å². The Labute approximate surface area is 133 Å². The SMILES string of the molecule is COc1ccc(NCCC(N)c2nsc3ccccc23)nc1. The van der Waals surface area contributed by atoms with Crippen molar-refractivity contribution in [2.75, 3.05) is 19.0 Å². The van der Waals surface area contributed by atoms with Crippen LogP contribution in [0.25, 0.3) is 10.1 Å². The topological polar surface area (TPSA) is 73.1 Å². The molecule has 0 aliphatic rings. The number of hydrogen-bond donors (Lipinski definition) is 2. The van der Waals surface area contributed by atoms with Crippen molar-refractivity contribution in [2.45, 2.75) is 12.5 Å². The molecule has 1 atom stereocenters. The number of nitrogens with one attached hydrogen (secondary N) is 1. The van der Waals surface area contributed by atoms with Crippen LogP contribution in [0.4, 0.5) is 5.82 Å². The lowest BCUT2D eigenvalue weighted by Gasteiger charge is -2.11. The average molecular weight is 314 g/mol. The summed E-state index contributed by atoms with van der Waals surface area (Å²) in [5.41, 5.74) is 7.26. The van der Waals surface area contributed by atoms with Crippen molar-refractivity contribution in [1.82, 2.24) is 9.36 Å². The van der Waals surface area contributed by atoms with Gasteiger partial charge in [0.1, 0.15) is 11.6 Å². The fourth-order valence-corrected chi connectivity index (χ4v) is 3.11. The number of benzene rings is 1. The predicted molar refractivity (Wildman–Crippen MR) is 90.4 cm³/mol. The van der Waals surface area contributed by atoms with Crippen molar-refractivity contribution in [3.63, 3.8) is 0 Å². The van der Waals surface area contributed by atoms with Crippen molar-refractivity contribution in [1.29, 1.82) is 0 Å². The summed E-state index contributed by atoms with van der Waals surface area (Å²) in [5.74, 6) is 1.56. The summed E-state index contributed by atoms with van der Waals surface area (Å²) in [6, 6.07) is 11.9. The van der Waals surface area contributed by atoms with Crippen LogP contribution >= 0.6 is 11.5 Å². The maximum Gasteiger partial charge on any atom is 0.137 e. The third-order valence-corrected chi connectivity index (χ3v) is 4.33. The summed E-state index contributed by atoms with van der Waals surface area (Å²) >= 11 is 1.50. The molecule has 0 bridgehead atoms. The second-order valence-corrected chi connectivity index (χ2v) is 5.77. The van der Waals surface area contributed by atoms with E-state index < -0.39 is 0 Å². The van der Waals surface area contributed by atoms with Crippen molar-refractivity contribution in [3.8, 4) is 5.75 Å². The summed E-state index contributed by atoms with van der Waals surface area (Å²) in [5, 5.41) is 4.42. The Morgan fingerprint density at radius 1 is 1.27 bits per heavy atom. The molecule has 3 rings (SSSR count). The number of nitrogens with two attached hydrogens (primary N) is 1. The fraction of sp³-hybridized carbons (Fsp3) is 0.250. The molecule has 0 aliphatic heterocycles. The van der Waals surface area contributed by atoms with Crippen LogP contribution in [0.1, 0.15) is 18.2 Å². The Morgan fingerprint density at radius 2 is 2.14 bits per heavy atom. The highest BCUT2D eigenvalue weighted by Gasteiger charge is 2.13. The van der Waals surface area contributed by atoms with Gasteiger partial charge in [0, 0.05) is 11.9 Å². The smallest absolute Gasteiger partial charge is 0.137 e. The molecular formula is C16H18N4OS. The molecule has 6 heteroatoms. The first-order chi connectivity index (χ1) is 10.8. The number of rotatable bonds is 6. The number of nitrogens with zero attached hydrogens (tertiary/aromatic N) is 2. The first kappa shape index (κ1) is 14.7. The average Bonchev–Trinajstić information content (AvgIpc) is 2.99. The van der Waals surface area contributed by atoms with Gasteiger partial charge in [0.15, 0.2) is 0 Å². The summed E-state index contributed by atoms with van der Waals surface area (Å²) < 4.78 is 10.8. The van der Waals surface area contributed by atoms with E-state index >= 15 is 0 Å². The molecule has 0 fully saturated rings. The van der Waals surface area contributed by atoms with Crippen LogP contribution in [-0.4, -0.2) is 23.0 Å². The van der Waals surface area contributed by atoms with Crippen LogP contribution in [-0.2, 0) is 0 Å². The first-order valence-electron chi connectivity index (χ1n) is 7.12. The molecule has 114 valence electrons. The lowest BCUT2D eigenvalue weighted by atomic mass is 10.1. The molecule has 22 heavy (non-hydrogen) atoms. The van der Waals surface area contributed by atoms with E-state index in [0.29, 0.717) is 0 Å². The van der Waals surface area contributed by atoms with Gasteiger partial charge in [0.25, 0.3) is 0 Å². The van der Waals surface area contributed by atoms with E-state index in [4.69, 9.17) is 10.5 Å². The minimum absolute atomic E-state index is 0.0816. The number of anilines is 1. The zero-order valence-corrected chi connectivity index (χ0v) is 13.1. The summed E-state index contributed by atoms with van der Waals surface area (Å²) in [6.45, 7) is 0.742. The Bertz CT molecular complexity index is 741. The molecule has 3 N–H and O–H groups in total. The Hall–Kier alpha value is -2.18. The van der Waals surface area contributed by atoms with Gasteiger partial charge in [-0.15, -0.1) is 0 Å². The molecule has 0 radical (unpaired) electrons. The molecule has 0 aliphatic carbocycles. The lowest BCUT2D eigenvalue weighted by molar-refractivity contribution is 0.413. The molecule has 0 saturated heterocycles. The normalized spacial score (nSPS) is 12.3. The monoisotopic (exact) mass is 314 g/mol. The fourth-order valence-electron chi connectivity index (χ4n) is 2.27. The van der Waals surface area contributed by atoms with Crippen molar-refractivity contribution < 1.29 is 4.74 Å². The molecule has 0 saturated carbocycles. The molecule has 5 nitrogen and oxygen atoms in total. The van der Waals surface area contributed by atoms with E-state index in [-0.39, 0.29) is 6.04 Å². The number of fused-ring (bicyclic) bond motifs is 1. The van der Waals surface area contributed by atoms with E-state index in [1.165, 1.54) is 16.2 Å². The van der Waals surface area contributed by atoms with Gasteiger partial charge < -0.3 is 15.8 Å². The molecule has 2 heterocycles. The van der Waals surface area contributed by atoms with Crippen LogP contribution in [0.5, 0.6) is 5.75 Å². The van der Waals surface area contributed by atoms with E-state index in [2.05, 4.69) is 26.8 Å². The van der Waals surface area contributed by atoms with Crippen molar-refractivity contribution in [3.05, 3.63) is 48.3 Å². The summed E-state index contributed by atoms with van der Waals surface area (Å²) in [7, 11) is 1.63. The van der Waals surface area contributed by atoms with Crippen LogP contribution in [0.2, 0.25) is 0 Å². The van der Waals surface area contributed by atoms with E-state index in [9.17, 15) is 0 Å². The molecule has 1 unspecified atom stereocenters. The molecule has 0 spiro atoms. The second-order valence-electron chi connectivity index (χ2n) is 4.97. The largest absolute Gasteiger partial charge is 0.495 e. The maximum absolute atomic E-state index is 6.28. The highest BCUT2D eigenvalue weighted by atomic mass is 32.1. The Balaban J connectivity index is 1.59. The minimum atomic E-state index is -0.0816. The third kappa shape index (κ3) is 3.18. The Morgan fingerprint density at radius 3 is 2.91 bits per heavy atom. The standard InChI is InChI=1S/C16H18N4OS/c1-21-11-6-7-15(19-10-11)18-9-8-13(17)16-12-4-2-3-5-14(12)22-20-16/h2-7,10,13H,8-9,17H2,1H3,(H,18,19). The summed E-state index contributed by atoms with van der Waals surface area (Å²) in [6.07, 6.45) is 2.48. The minimum Gasteiger partial charge on any atom is -0.495 e. The molecule has 3 aromatic rings. The third-order valence-electron chi connectivity index (χ3n) is 3.49. The van der Waals surface area contributed by atoms with Gasteiger partial charge in [0.05, 0.1) is 29.7 Å². The second kappa shape index (κ2) is 6.72. The highest BCUT2D eigenvalue weighted by molar-refractivity contribution is 7.13. The van der Waals surface area contributed by atoms with E-state index in [0.717, 1.165) is 35.6 Å². The number of methoxy groups -OCH3 is 1. The van der Waals surface area contributed by atoms with E-state index in [1.807, 2.05) is 24.3 Å². The number of pyridine rings is 1. The van der Waals surface area contributed by atoms with Gasteiger partial charge in [-0.05, 0) is 36.2 Å². The van der Waals surface area contributed by atoms with Crippen LogP contribution in [0.15, 0.2) is 42.6 Å².